The van der Waals surface area contributed by atoms with Crippen molar-refractivity contribution in [3.63, 3.8) is 0 Å². The third-order valence-corrected chi connectivity index (χ3v) is 7.92. The van der Waals surface area contributed by atoms with Gasteiger partial charge in [0.05, 0.1) is 27.7 Å². The van der Waals surface area contributed by atoms with Gasteiger partial charge < -0.3 is 30.9 Å². The number of nitrogens with zero attached hydrogens (tertiary/aromatic N) is 2. The summed E-state index contributed by atoms with van der Waals surface area (Å²) in [6, 6.07) is 9.76. The van der Waals surface area contributed by atoms with Crippen molar-refractivity contribution in [1.29, 1.82) is 0 Å². The van der Waals surface area contributed by atoms with E-state index in [4.69, 9.17) is 0 Å². The number of aromatic hydroxyl groups is 2. The van der Waals surface area contributed by atoms with E-state index in [1.54, 1.807) is 37.6 Å². The number of hydrogen-bond donors (Lipinski definition) is 5. The molecule has 2 heterocycles. The Bertz CT molecular complexity index is 1400. The van der Waals surface area contributed by atoms with E-state index in [9.17, 15) is 29.7 Å². The van der Waals surface area contributed by atoms with Gasteiger partial charge in [-0.1, -0.05) is 51.1 Å². The number of likely N-dealkylation sites (tertiary alicyclic amines) is 1. The fourth-order valence-electron chi connectivity index (χ4n) is 4.70. The van der Waals surface area contributed by atoms with Crippen molar-refractivity contribution >= 4 is 29.1 Å². The number of hydrogen-bond acceptors (Lipinski definition) is 8. The molecule has 0 bridgehead atoms. The highest BCUT2D eigenvalue weighted by Crippen LogP contribution is 2.31. The number of rotatable bonds is 7. The van der Waals surface area contributed by atoms with E-state index in [2.05, 4.69) is 15.6 Å². The molecule has 1 saturated heterocycles. The average Bonchev–Trinajstić information content (AvgIpc) is 3.52. The second kappa shape index (κ2) is 11.6. The summed E-state index contributed by atoms with van der Waals surface area (Å²) in [5, 5.41) is 35.8. The molecule has 40 heavy (non-hydrogen) atoms. The van der Waals surface area contributed by atoms with Crippen molar-refractivity contribution in [2.45, 2.75) is 58.8 Å². The summed E-state index contributed by atoms with van der Waals surface area (Å²) in [5.74, 6) is -2.74. The molecule has 1 aromatic heterocycles. The number of aliphatic hydroxyl groups is 1. The standard InChI is InChI=1S/C29H34N4O6S/c1-16-24(40-15-31-16)18-10-8-17(9-11-18)13-30-27(38)21-12-19(34)14-33(21)28(39)25(29(2,3)4)32-26(37)20-6-5-7-22(35)23(20)36/h5-11,15,19,21,25,34-36H,12-14H2,1-4H3,(H,30,38)(H,32,37)/t19-,21+,25?/m1/s1. The summed E-state index contributed by atoms with van der Waals surface area (Å²) in [5.41, 5.74) is 3.72. The number of amides is 3. The van der Waals surface area contributed by atoms with E-state index in [1.165, 1.54) is 23.1 Å². The lowest BCUT2D eigenvalue weighted by Gasteiger charge is -2.35. The lowest BCUT2D eigenvalue weighted by Crippen LogP contribution is -2.57. The summed E-state index contributed by atoms with van der Waals surface area (Å²) < 4.78 is 0. The van der Waals surface area contributed by atoms with Crippen LogP contribution in [0, 0.1) is 12.3 Å². The second-order valence-corrected chi connectivity index (χ2v) is 11.9. The average molecular weight is 567 g/mol. The van der Waals surface area contributed by atoms with Crippen LogP contribution in [0.1, 0.15) is 48.8 Å². The van der Waals surface area contributed by atoms with Crippen LogP contribution in [0.2, 0.25) is 0 Å². The van der Waals surface area contributed by atoms with Crippen molar-refractivity contribution in [1.82, 2.24) is 20.5 Å². The highest BCUT2D eigenvalue weighted by Gasteiger charge is 2.44. The first kappa shape index (κ1) is 29.0. The van der Waals surface area contributed by atoms with Crippen LogP contribution in [0.15, 0.2) is 48.0 Å². The number of carbonyl (C=O) groups excluding carboxylic acids is 3. The number of nitrogens with one attached hydrogen (secondary N) is 2. The smallest absolute Gasteiger partial charge is 0.255 e. The van der Waals surface area contributed by atoms with E-state index in [-0.39, 0.29) is 25.1 Å². The molecule has 0 aliphatic carbocycles. The zero-order chi connectivity index (χ0) is 29.2. The van der Waals surface area contributed by atoms with Crippen molar-refractivity contribution in [2.75, 3.05) is 6.54 Å². The number of benzene rings is 2. The van der Waals surface area contributed by atoms with Crippen LogP contribution in [0.25, 0.3) is 10.4 Å². The molecule has 212 valence electrons. The van der Waals surface area contributed by atoms with E-state index in [1.807, 2.05) is 31.2 Å². The van der Waals surface area contributed by atoms with Crippen molar-refractivity contribution in [3.05, 3.63) is 64.8 Å². The van der Waals surface area contributed by atoms with Gasteiger partial charge in [0, 0.05) is 19.5 Å². The van der Waals surface area contributed by atoms with Crippen molar-refractivity contribution < 1.29 is 29.7 Å². The molecule has 0 radical (unpaired) electrons. The van der Waals surface area contributed by atoms with E-state index in [0.717, 1.165) is 21.7 Å². The van der Waals surface area contributed by atoms with Gasteiger partial charge in [0.2, 0.25) is 11.8 Å². The third-order valence-electron chi connectivity index (χ3n) is 6.94. The molecule has 0 spiro atoms. The number of carbonyl (C=O) groups is 3. The molecule has 0 saturated carbocycles. The minimum Gasteiger partial charge on any atom is -0.504 e. The maximum atomic E-state index is 13.7. The molecular weight excluding hydrogens is 532 g/mol. The Morgan fingerprint density at radius 1 is 1.12 bits per heavy atom. The van der Waals surface area contributed by atoms with Gasteiger partial charge in [0.25, 0.3) is 5.91 Å². The molecule has 1 aliphatic heterocycles. The molecular formula is C29H34N4O6S. The number of aryl methyl sites for hydroxylation is 1. The molecule has 1 fully saturated rings. The third kappa shape index (κ3) is 6.26. The van der Waals surface area contributed by atoms with Crippen LogP contribution in [-0.4, -0.2) is 67.7 Å². The van der Waals surface area contributed by atoms with E-state index < -0.39 is 52.8 Å². The number of β-amino-alcohol motifs (C(OH)–C–C–N with tert-alkyl or cyclic N) is 1. The zero-order valence-corrected chi connectivity index (χ0v) is 23.7. The van der Waals surface area contributed by atoms with Gasteiger partial charge in [-0.2, -0.15) is 0 Å². The highest BCUT2D eigenvalue weighted by molar-refractivity contribution is 7.13. The fourth-order valence-corrected chi connectivity index (χ4v) is 5.52. The van der Waals surface area contributed by atoms with Crippen LogP contribution in [0.5, 0.6) is 11.5 Å². The van der Waals surface area contributed by atoms with Gasteiger partial charge in [-0.25, -0.2) is 4.98 Å². The number of para-hydroxylation sites is 1. The highest BCUT2D eigenvalue weighted by atomic mass is 32.1. The lowest BCUT2D eigenvalue weighted by atomic mass is 9.85. The molecule has 1 aliphatic rings. The second-order valence-electron chi connectivity index (χ2n) is 11.0. The van der Waals surface area contributed by atoms with Crippen LogP contribution in [0.3, 0.4) is 0 Å². The molecule has 4 rings (SSSR count). The fraction of sp³-hybridized carbons (Fsp3) is 0.379. The van der Waals surface area contributed by atoms with Gasteiger partial charge in [-0.3, -0.25) is 14.4 Å². The Balaban J connectivity index is 1.46. The zero-order valence-electron chi connectivity index (χ0n) is 22.8. The van der Waals surface area contributed by atoms with E-state index in [0.29, 0.717) is 0 Å². The maximum Gasteiger partial charge on any atom is 0.255 e. The SMILES string of the molecule is Cc1ncsc1-c1ccc(CNC(=O)[C@@H]2C[C@@H](O)CN2C(=O)C(NC(=O)c2cccc(O)c2O)C(C)(C)C)cc1. The van der Waals surface area contributed by atoms with Crippen molar-refractivity contribution in [3.8, 4) is 21.9 Å². The Kier molecular flexibility index (Phi) is 8.45. The summed E-state index contributed by atoms with van der Waals surface area (Å²) >= 11 is 1.56. The number of aliphatic hydroxyl groups excluding tert-OH is 1. The number of thiazole rings is 1. The van der Waals surface area contributed by atoms with Crippen molar-refractivity contribution in [2.24, 2.45) is 5.41 Å². The predicted molar refractivity (Wildman–Crippen MR) is 151 cm³/mol. The molecule has 1 unspecified atom stereocenters. The molecule has 3 aromatic rings. The molecule has 2 aromatic carbocycles. The summed E-state index contributed by atoms with van der Waals surface area (Å²) in [4.78, 5) is 46.6. The summed E-state index contributed by atoms with van der Waals surface area (Å²) in [7, 11) is 0. The van der Waals surface area contributed by atoms with Crippen LogP contribution < -0.4 is 10.6 Å². The first-order chi connectivity index (χ1) is 18.9. The quantitative estimate of drug-likeness (QED) is 0.276. The minimum absolute atomic E-state index is 0.0559. The maximum absolute atomic E-state index is 13.7. The van der Waals surface area contributed by atoms with Crippen LogP contribution >= 0.6 is 11.3 Å². The topological polar surface area (TPSA) is 152 Å². The van der Waals surface area contributed by atoms with Crippen LogP contribution in [-0.2, 0) is 16.1 Å². The number of phenols is 2. The summed E-state index contributed by atoms with van der Waals surface area (Å²) in [6.07, 6.45) is -0.827. The van der Waals surface area contributed by atoms with Crippen LogP contribution in [0.4, 0.5) is 0 Å². The van der Waals surface area contributed by atoms with Gasteiger partial charge in [-0.15, -0.1) is 11.3 Å². The van der Waals surface area contributed by atoms with Gasteiger partial charge in [0.15, 0.2) is 11.5 Å². The van der Waals surface area contributed by atoms with Gasteiger partial charge in [-0.05, 0) is 35.6 Å². The largest absolute Gasteiger partial charge is 0.504 e. The normalized spacial score (nSPS) is 17.9. The lowest BCUT2D eigenvalue weighted by molar-refractivity contribution is -0.142. The minimum atomic E-state index is -1.08. The Morgan fingerprint density at radius 3 is 2.45 bits per heavy atom. The monoisotopic (exact) mass is 566 g/mol. The number of phenolic OH excluding ortho intramolecular Hbond substituents is 2. The van der Waals surface area contributed by atoms with E-state index >= 15 is 0 Å². The molecule has 10 nitrogen and oxygen atoms in total. The number of aromatic nitrogens is 1. The summed E-state index contributed by atoms with van der Waals surface area (Å²) in [6.45, 7) is 7.42. The molecule has 11 heteroatoms. The first-order valence-corrected chi connectivity index (χ1v) is 13.8. The molecule has 5 N–H and O–H groups in total. The Morgan fingerprint density at radius 2 is 1.82 bits per heavy atom. The molecule has 3 atom stereocenters. The van der Waals surface area contributed by atoms with Gasteiger partial charge >= 0.3 is 0 Å². The Labute approximate surface area is 236 Å². The Hall–Kier alpha value is -3.96. The predicted octanol–water partition coefficient (Wildman–Crippen LogP) is 2.95. The first-order valence-electron chi connectivity index (χ1n) is 12.9. The van der Waals surface area contributed by atoms with Gasteiger partial charge in [0.1, 0.15) is 12.1 Å². The molecule has 3 amide bonds.